The van der Waals surface area contributed by atoms with E-state index in [9.17, 15) is 9.90 Å². The van der Waals surface area contributed by atoms with Crippen molar-refractivity contribution in [3.8, 4) is 11.5 Å². The van der Waals surface area contributed by atoms with Crippen LogP contribution in [0.4, 0.5) is 0 Å². The molecule has 4 nitrogen and oxygen atoms in total. The van der Waals surface area contributed by atoms with Crippen molar-refractivity contribution in [3.63, 3.8) is 0 Å². The van der Waals surface area contributed by atoms with Crippen LogP contribution in [-0.2, 0) is 16.0 Å². The zero-order chi connectivity index (χ0) is 21.6. The van der Waals surface area contributed by atoms with Crippen molar-refractivity contribution in [2.75, 3.05) is 0 Å². The van der Waals surface area contributed by atoms with Gasteiger partial charge in [0.2, 0.25) is 0 Å². The smallest absolute Gasteiger partial charge is 0.198 e. The summed E-state index contributed by atoms with van der Waals surface area (Å²) in [6, 6.07) is 11.1. The third-order valence-electron chi connectivity index (χ3n) is 5.20. The molecular formula is C24H27ClO4. The molecule has 0 unspecified atom stereocenters. The van der Waals surface area contributed by atoms with Gasteiger partial charge in [0.05, 0.1) is 5.57 Å². The predicted octanol–water partition coefficient (Wildman–Crippen LogP) is 6.43. The zero-order valence-electron chi connectivity index (χ0n) is 17.7. The Hall–Kier alpha value is -2.30. The first-order chi connectivity index (χ1) is 13.5. The molecular weight excluding hydrogens is 388 g/mol. The Kier molecular flexibility index (Phi) is 5.54. The summed E-state index contributed by atoms with van der Waals surface area (Å²) in [6.45, 7) is 10.9. The van der Waals surface area contributed by atoms with Gasteiger partial charge in [-0.25, -0.2) is 0 Å². The minimum absolute atomic E-state index is 0.0629. The topological polar surface area (TPSA) is 55.8 Å². The van der Waals surface area contributed by atoms with E-state index in [1.54, 1.807) is 39.8 Å². The van der Waals surface area contributed by atoms with Gasteiger partial charge in [-0.1, -0.05) is 30.7 Å². The van der Waals surface area contributed by atoms with E-state index in [0.29, 0.717) is 28.5 Å². The third kappa shape index (κ3) is 4.05. The van der Waals surface area contributed by atoms with E-state index in [2.05, 4.69) is 0 Å². The summed E-state index contributed by atoms with van der Waals surface area (Å²) in [5, 5.41) is 11.5. The zero-order valence-corrected chi connectivity index (χ0v) is 18.5. The van der Waals surface area contributed by atoms with Gasteiger partial charge in [0.1, 0.15) is 28.5 Å². The lowest BCUT2D eigenvalue weighted by Gasteiger charge is -2.40. The standard InChI is InChI=1S/C24H27ClO4/c1-7-15-9-11-16(28-17-10-8-14(2)19(25)13-17)12-18(15)20-21(26)23(3,4)29-24(5,6)22(20)27/h8-13,26H,7H2,1-6H3. The number of hydrogen-bond acceptors (Lipinski definition) is 4. The Morgan fingerprint density at radius 2 is 1.66 bits per heavy atom. The molecule has 1 heterocycles. The second-order valence-electron chi connectivity index (χ2n) is 8.36. The van der Waals surface area contributed by atoms with Crippen LogP contribution in [0, 0.1) is 6.92 Å². The normalized spacial score (nSPS) is 18.1. The molecule has 154 valence electrons. The minimum atomic E-state index is -1.04. The van der Waals surface area contributed by atoms with Gasteiger partial charge in [0.25, 0.3) is 0 Å². The van der Waals surface area contributed by atoms with Gasteiger partial charge in [0.15, 0.2) is 5.78 Å². The molecule has 0 radical (unpaired) electrons. The number of ketones is 1. The van der Waals surface area contributed by atoms with Crippen LogP contribution in [0.15, 0.2) is 42.2 Å². The highest BCUT2D eigenvalue weighted by atomic mass is 35.5. The minimum Gasteiger partial charge on any atom is -0.508 e. The van der Waals surface area contributed by atoms with Gasteiger partial charge >= 0.3 is 0 Å². The Balaban J connectivity index is 2.12. The molecule has 5 heteroatoms. The first-order valence-electron chi connectivity index (χ1n) is 9.72. The molecule has 1 aliphatic heterocycles. The number of hydrogen-bond donors (Lipinski definition) is 1. The van der Waals surface area contributed by atoms with E-state index < -0.39 is 11.2 Å². The van der Waals surface area contributed by atoms with E-state index in [1.165, 1.54) is 0 Å². The van der Waals surface area contributed by atoms with Crippen molar-refractivity contribution in [3.05, 3.63) is 63.9 Å². The monoisotopic (exact) mass is 414 g/mol. The molecule has 0 saturated carbocycles. The Labute approximate surface area is 177 Å². The van der Waals surface area contributed by atoms with E-state index in [4.69, 9.17) is 21.1 Å². The fourth-order valence-corrected chi connectivity index (χ4v) is 3.80. The summed E-state index contributed by atoms with van der Waals surface area (Å²) >= 11 is 6.20. The number of carbonyl (C=O) groups excluding carboxylic acids is 1. The number of aryl methyl sites for hydroxylation is 2. The quantitative estimate of drug-likeness (QED) is 0.626. The van der Waals surface area contributed by atoms with Crippen LogP contribution in [-0.4, -0.2) is 22.1 Å². The Morgan fingerprint density at radius 3 is 2.28 bits per heavy atom. The van der Waals surface area contributed by atoms with Crippen LogP contribution in [0.25, 0.3) is 5.57 Å². The maximum atomic E-state index is 13.2. The average Bonchev–Trinajstić information content (AvgIpc) is 2.63. The number of Topliss-reactive ketones (excluding diaryl/α,β-unsaturated/α-hetero) is 1. The maximum Gasteiger partial charge on any atom is 0.198 e. The largest absolute Gasteiger partial charge is 0.508 e. The average molecular weight is 415 g/mol. The molecule has 1 N–H and O–H groups in total. The number of aliphatic hydroxyl groups excluding tert-OH is 1. The number of halogens is 1. The van der Waals surface area contributed by atoms with E-state index in [1.807, 2.05) is 38.1 Å². The van der Waals surface area contributed by atoms with Gasteiger partial charge in [-0.05, 0) is 82.0 Å². The number of benzene rings is 2. The molecule has 1 aliphatic rings. The van der Waals surface area contributed by atoms with Gasteiger partial charge in [-0.3, -0.25) is 4.79 Å². The molecule has 0 fully saturated rings. The lowest BCUT2D eigenvalue weighted by molar-refractivity contribution is -0.158. The molecule has 29 heavy (non-hydrogen) atoms. The fourth-order valence-electron chi connectivity index (χ4n) is 3.63. The molecule has 0 bridgehead atoms. The number of rotatable bonds is 4. The highest BCUT2D eigenvalue weighted by Gasteiger charge is 2.47. The lowest BCUT2D eigenvalue weighted by atomic mass is 9.81. The fraction of sp³-hybridized carbons (Fsp3) is 0.375. The van der Waals surface area contributed by atoms with Gasteiger partial charge < -0.3 is 14.6 Å². The number of carbonyl (C=O) groups is 1. The predicted molar refractivity (Wildman–Crippen MR) is 116 cm³/mol. The Bertz CT molecular complexity index is 1000. The number of ether oxygens (including phenoxy) is 2. The summed E-state index contributed by atoms with van der Waals surface area (Å²) in [4.78, 5) is 13.2. The van der Waals surface area contributed by atoms with Gasteiger partial charge in [0, 0.05) is 5.02 Å². The van der Waals surface area contributed by atoms with Crippen molar-refractivity contribution < 1.29 is 19.4 Å². The summed E-state index contributed by atoms with van der Waals surface area (Å²) in [6.07, 6.45) is 0.706. The SMILES string of the molecule is CCc1ccc(Oc2ccc(C)c(Cl)c2)cc1C1=C(O)C(C)(C)OC(C)(C)C1=O. The second-order valence-corrected chi connectivity index (χ2v) is 8.77. The summed E-state index contributed by atoms with van der Waals surface area (Å²) in [5.74, 6) is 0.854. The van der Waals surface area contributed by atoms with Gasteiger partial charge in [-0.15, -0.1) is 0 Å². The van der Waals surface area contributed by atoms with Crippen LogP contribution in [0.1, 0.15) is 51.3 Å². The van der Waals surface area contributed by atoms with Crippen LogP contribution in [0.5, 0.6) is 11.5 Å². The highest BCUT2D eigenvalue weighted by molar-refractivity contribution is 6.31. The van der Waals surface area contributed by atoms with E-state index >= 15 is 0 Å². The molecule has 3 rings (SSSR count). The summed E-state index contributed by atoms with van der Waals surface area (Å²) in [7, 11) is 0. The van der Waals surface area contributed by atoms with Crippen LogP contribution >= 0.6 is 11.6 Å². The maximum absolute atomic E-state index is 13.2. The summed E-state index contributed by atoms with van der Waals surface area (Å²) < 4.78 is 11.8. The highest BCUT2D eigenvalue weighted by Crippen LogP contribution is 2.42. The molecule has 0 spiro atoms. The lowest BCUT2D eigenvalue weighted by Crippen LogP contribution is -2.49. The number of aliphatic hydroxyl groups is 1. The molecule has 0 aliphatic carbocycles. The van der Waals surface area contributed by atoms with E-state index in [0.717, 1.165) is 11.1 Å². The molecule has 0 saturated heterocycles. The van der Waals surface area contributed by atoms with E-state index in [-0.39, 0.29) is 17.1 Å². The summed E-state index contributed by atoms with van der Waals surface area (Å²) in [5.41, 5.74) is 0.845. The van der Waals surface area contributed by atoms with Crippen LogP contribution < -0.4 is 4.74 Å². The molecule has 0 atom stereocenters. The van der Waals surface area contributed by atoms with Crippen molar-refractivity contribution in [1.29, 1.82) is 0 Å². The van der Waals surface area contributed by atoms with Crippen molar-refractivity contribution in [1.82, 2.24) is 0 Å². The first kappa shape index (κ1) is 21.4. The molecule has 0 aromatic heterocycles. The van der Waals surface area contributed by atoms with Crippen molar-refractivity contribution >= 4 is 23.0 Å². The van der Waals surface area contributed by atoms with Crippen LogP contribution in [0.2, 0.25) is 5.02 Å². The third-order valence-corrected chi connectivity index (χ3v) is 5.61. The van der Waals surface area contributed by atoms with Crippen molar-refractivity contribution in [2.45, 2.75) is 59.2 Å². The molecule has 2 aromatic rings. The van der Waals surface area contributed by atoms with Crippen molar-refractivity contribution in [2.24, 2.45) is 0 Å². The molecule has 0 amide bonds. The van der Waals surface area contributed by atoms with Crippen LogP contribution in [0.3, 0.4) is 0 Å². The molecule has 2 aromatic carbocycles. The second kappa shape index (κ2) is 7.51. The Morgan fingerprint density at radius 1 is 1.03 bits per heavy atom. The first-order valence-corrected chi connectivity index (χ1v) is 10.1. The van der Waals surface area contributed by atoms with Gasteiger partial charge in [-0.2, -0.15) is 0 Å².